The van der Waals surface area contributed by atoms with E-state index in [-0.39, 0.29) is 18.6 Å². The van der Waals surface area contributed by atoms with Crippen molar-refractivity contribution in [1.82, 2.24) is 15.1 Å². The number of hydrogen-bond donors (Lipinski definition) is 3. The number of aliphatic hydroxyl groups is 1. The molecule has 1 aliphatic carbocycles. The van der Waals surface area contributed by atoms with Gasteiger partial charge in [-0.1, -0.05) is 0 Å². The highest BCUT2D eigenvalue weighted by Gasteiger charge is 2.24. The topological polar surface area (TPSA) is 93.2 Å². The molecule has 0 atom stereocenters. The molecule has 0 spiro atoms. The third kappa shape index (κ3) is 2.64. The van der Waals surface area contributed by atoms with Crippen molar-refractivity contribution in [3.63, 3.8) is 0 Å². The van der Waals surface area contributed by atoms with Crippen LogP contribution in [0.25, 0.3) is 0 Å². The lowest BCUT2D eigenvalue weighted by molar-refractivity contribution is 0.0905. The summed E-state index contributed by atoms with van der Waals surface area (Å²) in [5, 5.41) is 16.0. The quantitative estimate of drug-likeness (QED) is 0.720. The van der Waals surface area contributed by atoms with Gasteiger partial charge in [-0.05, 0) is 31.6 Å². The van der Waals surface area contributed by atoms with Gasteiger partial charge in [-0.25, -0.2) is 0 Å². The van der Waals surface area contributed by atoms with Crippen molar-refractivity contribution in [2.75, 3.05) is 12.3 Å². The molecule has 6 nitrogen and oxygen atoms in total. The molecule has 1 heterocycles. The van der Waals surface area contributed by atoms with E-state index in [4.69, 9.17) is 10.8 Å². The van der Waals surface area contributed by atoms with Crippen LogP contribution in [0.2, 0.25) is 0 Å². The Bertz CT molecular complexity index is 402. The monoisotopic (exact) mass is 252 g/mol. The molecule has 0 saturated heterocycles. The summed E-state index contributed by atoms with van der Waals surface area (Å²) in [6.45, 7) is 0.245. The molecule has 2 rings (SSSR count). The average Bonchev–Trinajstić information content (AvgIpc) is 2.70. The minimum atomic E-state index is -0.167. The minimum absolute atomic E-state index is 0.167. The van der Waals surface area contributed by atoms with Gasteiger partial charge in [0.05, 0.1) is 11.9 Å². The highest BCUT2D eigenvalue weighted by atomic mass is 16.3. The molecule has 1 aromatic rings. The van der Waals surface area contributed by atoms with Gasteiger partial charge in [0.15, 0.2) is 0 Å². The summed E-state index contributed by atoms with van der Waals surface area (Å²) in [6.07, 6.45) is 5.23. The molecular weight excluding hydrogens is 232 g/mol. The maximum atomic E-state index is 12.1. The first-order chi connectivity index (χ1) is 8.61. The van der Waals surface area contributed by atoms with Crippen molar-refractivity contribution < 1.29 is 9.90 Å². The summed E-state index contributed by atoms with van der Waals surface area (Å²) in [5.74, 6) is 0.222. The summed E-state index contributed by atoms with van der Waals surface area (Å²) in [4.78, 5) is 12.1. The zero-order chi connectivity index (χ0) is 13.1. The van der Waals surface area contributed by atoms with Gasteiger partial charge in [0, 0.05) is 19.7 Å². The second-order valence-electron chi connectivity index (χ2n) is 4.95. The summed E-state index contributed by atoms with van der Waals surface area (Å²) in [7, 11) is 1.70. The smallest absolute Gasteiger partial charge is 0.271 e. The Morgan fingerprint density at radius 3 is 2.72 bits per heavy atom. The number of nitrogen functional groups attached to an aromatic ring is 1. The van der Waals surface area contributed by atoms with Crippen LogP contribution in [0.5, 0.6) is 0 Å². The first kappa shape index (κ1) is 12.9. The van der Waals surface area contributed by atoms with Crippen molar-refractivity contribution in [2.45, 2.75) is 31.7 Å². The maximum Gasteiger partial charge on any atom is 0.271 e. The molecule has 6 heteroatoms. The normalized spacial score (nSPS) is 23.9. The Hall–Kier alpha value is -1.56. The molecule has 100 valence electrons. The largest absolute Gasteiger partial charge is 0.396 e. The lowest BCUT2D eigenvalue weighted by atomic mass is 9.86. The van der Waals surface area contributed by atoms with E-state index in [1.54, 1.807) is 7.05 Å². The number of aliphatic hydroxyl groups excluding tert-OH is 1. The van der Waals surface area contributed by atoms with Crippen molar-refractivity contribution in [3.8, 4) is 0 Å². The number of nitrogens with zero attached hydrogens (tertiary/aromatic N) is 2. The number of carbonyl (C=O) groups excluding carboxylic acids is 1. The van der Waals surface area contributed by atoms with E-state index >= 15 is 0 Å². The molecule has 0 unspecified atom stereocenters. The van der Waals surface area contributed by atoms with Crippen LogP contribution in [-0.4, -0.2) is 33.4 Å². The van der Waals surface area contributed by atoms with Crippen molar-refractivity contribution >= 4 is 11.6 Å². The number of rotatable bonds is 3. The second-order valence-corrected chi connectivity index (χ2v) is 4.95. The van der Waals surface area contributed by atoms with Gasteiger partial charge in [0.25, 0.3) is 5.91 Å². The van der Waals surface area contributed by atoms with Gasteiger partial charge in [0.2, 0.25) is 0 Å². The van der Waals surface area contributed by atoms with Crippen LogP contribution in [0.3, 0.4) is 0 Å². The van der Waals surface area contributed by atoms with Crippen molar-refractivity contribution in [1.29, 1.82) is 0 Å². The van der Waals surface area contributed by atoms with Gasteiger partial charge >= 0.3 is 0 Å². The van der Waals surface area contributed by atoms with E-state index in [2.05, 4.69) is 10.4 Å². The van der Waals surface area contributed by atoms with E-state index in [9.17, 15) is 4.79 Å². The lowest BCUT2D eigenvalue weighted by Crippen LogP contribution is -2.39. The first-order valence-corrected chi connectivity index (χ1v) is 6.31. The zero-order valence-electron chi connectivity index (χ0n) is 10.6. The second kappa shape index (κ2) is 5.39. The molecule has 0 bridgehead atoms. The Kier molecular flexibility index (Phi) is 3.86. The molecule has 0 radical (unpaired) electrons. The van der Waals surface area contributed by atoms with Crippen molar-refractivity contribution in [3.05, 3.63) is 11.9 Å². The maximum absolute atomic E-state index is 12.1. The number of aromatic nitrogens is 2. The van der Waals surface area contributed by atoms with E-state index in [0.29, 0.717) is 17.3 Å². The predicted molar refractivity (Wildman–Crippen MR) is 67.9 cm³/mol. The zero-order valence-corrected chi connectivity index (χ0v) is 10.6. The fourth-order valence-electron chi connectivity index (χ4n) is 2.48. The van der Waals surface area contributed by atoms with E-state index in [1.165, 1.54) is 10.9 Å². The number of aryl methyl sites for hydroxylation is 1. The standard InChI is InChI=1S/C12H20N4O2/c1-16-11(10(13)6-14-16)12(18)15-9-4-2-8(7-17)3-5-9/h6,8-9,17H,2-5,7,13H2,1H3,(H,15,18). The fourth-order valence-corrected chi connectivity index (χ4v) is 2.48. The number of nitrogens with one attached hydrogen (secondary N) is 1. The van der Waals surface area contributed by atoms with Crippen LogP contribution in [0.4, 0.5) is 5.69 Å². The number of hydrogen-bond acceptors (Lipinski definition) is 4. The van der Waals surface area contributed by atoms with E-state index in [1.807, 2.05) is 0 Å². The van der Waals surface area contributed by atoms with Gasteiger partial charge in [-0.3, -0.25) is 9.48 Å². The van der Waals surface area contributed by atoms with Crippen LogP contribution >= 0.6 is 0 Å². The van der Waals surface area contributed by atoms with Crippen molar-refractivity contribution in [2.24, 2.45) is 13.0 Å². The van der Waals surface area contributed by atoms with E-state index < -0.39 is 0 Å². The van der Waals surface area contributed by atoms with E-state index in [0.717, 1.165) is 25.7 Å². The fraction of sp³-hybridized carbons (Fsp3) is 0.667. The molecule has 0 aromatic carbocycles. The van der Waals surface area contributed by atoms with Crippen LogP contribution in [0.1, 0.15) is 36.2 Å². The number of nitrogens with two attached hydrogens (primary N) is 1. The molecule has 1 saturated carbocycles. The molecule has 1 fully saturated rings. The van der Waals surface area contributed by atoms with Gasteiger partial charge < -0.3 is 16.2 Å². The molecular formula is C12H20N4O2. The molecule has 0 aliphatic heterocycles. The minimum Gasteiger partial charge on any atom is -0.396 e. The highest BCUT2D eigenvalue weighted by Crippen LogP contribution is 2.24. The predicted octanol–water partition coefficient (Wildman–Crippen LogP) is 0.283. The Balaban J connectivity index is 1.93. The Morgan fingerprint density at radius 1 is 1.56 bits per heavy atom. The Labute approximate surface area is 106 Å². The molecule has 18 heavy (non-hydrogen) atoms. The lowest BCUT2D eigenvalue weighted by Gasteiger charge is -2.27. The van der Waals surface area contributed by atoms with Gasteiger partial charge in [-0.15, -0.1) is 0 Å². The molecule has 1 aliphatic rings. The summed E-state index contributed by atoms with van der Waals surface area (Å²) < 4.78 is 1.49. The number of anilines is 1. The van der Waals surface area contributed by atoms with Crippen LogP contribution < -0.4 is 11.1 Å². The number of carbonyl (C=O) groups is 1. The average molecular weight is 252 g/mol. The van der Waals surface area contributed by atoms with Crippen LogP contribution in [-0.2, 0) is 7.05 Å². The summed E-state index contributed by atoms with van der Waals surface area (Å²) in [6, 6.07) is 0.176. The number of amides is 1. The summed E-state index contributed by atoms with van der Waals surface area (Å²) in [5.41, 5.74) is 6.53. The Morgan fingerprint density at radius 2 is 2.22 bits per heavy atom. The first-order valence-electron chi connectivity index (χ1n) is 6.31. The third-order valence-electron chi connectivity index (χ3n) is 3.62. The van der Waals surface area contributed by atoms with Gasteiger partial charge in [-0.2, -0.15) is 5.10 Å². The van der Waals surface area contributed by atoms with Crippen LogP contribution in [0, 0.1) is 5.92 Å². The summed E-state index contributed by atoms with van der Waals surface area (Å²) >= 11 is 0. The third-order valence-corrected chi connectivity index (χ3v) is 3.62. The molecule has 1 aromatic heterocycles. The molecule has 4 N–H and O–H groups in total. The SMILES string of the molecule is Cn1ncc(N)c1C(=O)NC1CCC(CO)CC1. The highest BCUT2D eigenvalue weighted by molar-refractivity contribution is 5.97. The van der Waals surface area contributed by atoms with Crippen LogP contribution in [0.15, 0.2) is 6.20 Å². The molecule has 1 amide bonds. The van der Waals surface area contributed by atoms with Gasteiger partial charge in [0.1, 0.15) is 5.69 Å².